The zero-order valence-corrected chi connectivity index (χ0v) is 20.7. The predicted molar refractivity (Wildman–Crippen MR) is 125 cm³/mol. The van der Waals surface area contributed by atoms with E-state index in [1.807, 2.05) is 0 Å². The van der Waals surface area contributed by atoms with E-state index in [0.717, 1.165) is 11.1 Å². The van der Waals surface area contributed by atoms with Gasteiger partial charge < -0.3 is 10.6 Å². The molecule has 4 N–H and O–H groups in total. The molecule has 2 aromatic rings. The van der Waals surface area contributed by atoms with Crippen molar-refractivity contribution < 1.29 is 44.3 Å². The van der Waals surface area contributed by atoms with Crippen molar-refractivity contribution in [3.63, 3.8) is 0 Å². The van der Waals surface area contributed by atoms with Crippen LogP contribution in [0.2, 0.25) is 0 Å². The minimum atomic E-state index is -4.62. The highest BCUT2D eigenvalue weighted by Crippen LogP contribution is 2.02. The first kappa shape index (κ1) is 32.1. The van der Waals surface area contributed by atoms with Gasteiger partial charge in [0.1, 0.15) is 11.6 Å². The fourth-order valence-electron chi connectivity index (χ4n) is 2.04. The Morgan fingerprint density at radius 2 is 0.971 bits per heavy atom. The molecule has 0 aliphatic rings. The van der Waals surface area contributed by atoms with Gasteiger partial charge in [-0.05, 0) is 35.4 Å². The molecule has 0 spiro atoms. The molecule has 10 nitrogen and oxygen atoms in total. The maximum atomic E-state index is 12.5. The second-order valence-corrected chi connectivity index (χ2v) is 10.1. The van der Waals surface area contributed by atoms with Crippen LogP contribution in [0.1, 0.15) is 37.8 Å². The van der Waals surface area contributed by atoms with Crippen molar-refractivity contribution in [2.45, 2.75) is 39.8 Å². The van der Waals surface area contributed by atoms with E-state index in [1.165, 1.54) is 24.3 Å². The van der Waals surface area contributed by atoms with Crippen molar-refractivity contribution in [2.75, 3.05) is 5.08 Å². The van der Waals surface area contributed by atoms with Gasteiger partial charge in [-0.2, -0.15) is 16.8 Å². The van der Waals surface area contributed by atoms with E-state index < -0.39 is 25.3 Å². The highest BCUT2D eigenvalue weighted by Gasteiger charge is 2.15. The second kappa shape index (κ2) is 15.9. The topological polar surface area (TPSA) is 167 Å². The summed E-state index contributed by atoms with van der Waals surface area (Å²) in [5, 5.41) is 3.76. The van der Waals surface area contributed by atoms with Crippen molar-refractivity contribution in [3.8, 4) is 0 Å². The average molecular weight is 539 g/mol. The molecule has 0 heterocycles. The lowest BCUT2D eigenvalue weighted by molar-refractivity contribution is -0.121. The van der Waals surface area contributed by atoms with Crippen LogP contribution in [0.5, 0.6) is 0 Å². The first-order valence-electron chi connectivity index (χ1n) is 10.1. The van der Waals surface area contributed by atoms with Gasteiger partial charge in [-0.3, -0.25) is 18.7 Å². The lowest BCUT2D eigenvalue weighted by Gasteiger charge is -2.02. The molecule has 2 rings (SSSR count). The normalized spacial score (nSPS) is 10.7. The number of benzene rings is 2. The molecule has 0 bridgehead atoms. The molecule has 35 heavy (non-hydrogen) atoms. The molecule has 0 saturated carbocycles. The molecule has 0 aliphatic heterocycles. The second-order valence-electron chi connectivity index (χ2n) is 6.80. The first-order valence-corrected chi connectivity index (χ1v) is 13.3. The molecule has 196 valence electrons. The summed E-state index contributed by atoms with van der Waals surface area (Å²) in [7, 11) is -9.24. The Kier molecular flexibility index (Phi) is 14.5. The summed E-state index contributed by atoms with van der Waals surface area (Å²) in [6.45, 7) is 4.51. The average Bonchev–Trinajstić information content (AvgIpc) is 2.76. The summed E-state index contributed by atoms with van der Waals surface area (Å²) < 4.78 is 79.2. The fraction of sp³-hybridized carbons (Fsp3) is 0.333. The van der Waals surface area contributed by atoms with Crippen molar-refractivity contribution in [3.05, 3.63) is 71.3 Å². The van der Waals surface area contributed by atoms with E-state index in [0.29, 0.717) is 25.9 Å². The molecule has 0 unspecified atom stereocenters. The van der Waals surface area contributed by atoms with Crippen molar-refractivity contribution >= 4 is 32.1 Å². The van der Waals surface area contributed by atoms with Crippen LogP contribution < -0.4 is 10.6 Å². The maximum absolute atomic E-state index is 12.5. The molecule has 2 aromatic carbocycles. The Labute approximate surface area is 203 Å². The fourth-order valence-corrected chi connectivity index (χ4v) is 3.55. The van der Waals surface area contributed by atoms with Crippen LogP contribution >= 0.6 is 0 Å². The number of rotatable bonds is 8. The van der Waals surface area contributed by atoms with Crippen LogP contribution in [0.25, 0.3) is 0 Å². The molecule has 0 saturated heterocycles. The Balaban J connectivity index is 0.000000506. The lowest BCUT2D eigenvalue weighted by Crippen LogP contribution is -2.21. The third-order valence-corrected chi connectivity index (χ3v) is 6.13. The van der Waals surface area contributed by atoms with E-state index in [9.17, 15) is 35.2 Å². The largest absolute Gasteiger partial charge is 0.352 e. The summed E-state index contributed by atoms with van der Waals surface area (Å²) >= 11 is 0. The van der Waals surface area contributed by atoms with Gasteiger partial charge in [0, 0.05) is 25.9 Å². The van der Waals surface area contributed by atoms with Crippen LogP contribution in [0.15, 0.2) is 48.5 Å². The Bertz CT molecular complexity index is 1050. The number of nitrogens with one attached hydrogen (secondary N) is 2. The van der Waals surface area contributed by atoms with E-state index in [-0.39, 0.29) is 23.4 Å². The SMILES string of the molecule is CCC(=O)NCc1ccc(F)cc1.CCC(=O)NCc1ccc(F)cc1.O=S(=O)(O)CS(=O)(=O)O. The zero-order valence-electron chi connectivity index (χ0n) is 19.1. The van der Waals surface area contributed by atoms with Crippen molar-refractivity contribution in [1.82, 2.24) is 10.6 Å². The monoisotopic (exact) mass is 538 g/mol. The Hall–Kier alpha value is -2.94. The summed E-state index contributed by atoms with van der Waals surface area (Å²) in [6.07, 6.45) is 0.947. The standard InChI is InChI=1S/2C10H12FNO.CH4O6S2/c2*1-2-10(13)12-7-8-3-5-9(11)6-4-8;2-8(3,4)1-9(5,6)7/h2*3-6H,2,7H2,1H3,(H,12,13);1H2,(H,2,3,4)(H,5,6,7). The van der Waals surface area contributed by atoms with Gasteiger partial charge in [-0.25, -0.2) is 8.78 Å². The molecular formula is C21H28F2N2O8S2. The molecule has 14 heteroatoms. The van der Waals surface area contributed by atoms with Crippen LogP contribution in [0.3, 0.4) is 0 Å². The third-order valence-electron chi connectivity index (χ3n) is 3.75. The molecule has 0 atom stereocenters. The van der Waals surface area contributed by atoms with Gasteiger partial charge in [-0.1, -0.05) is 38.1 Å². The first-order chi connectivity index (χ1) is 16.1. The summed E-state index contributed by atoms with van der Waals surface area (Å²) in [4.78, 5) is 21.7. The van der Waals surface area contributed by atoms with Gasteiger partial charge in [0.25, 0.3) is 20.2 Å². The highest BCUT2D eigenvalue weighted by atomic mass is 32.3. The van der Waals surface area contributed by atoms with Gasteiger partial charge in [0.15, 0.2) is 0 Å². The molecule has 2 amide bonds. The summed E-state index contributed by atoms with van der Waals surface area (Å²) in [5.41, 5.74) is 1.81. The zero-order chi connectivity index (χ0) is 27.1. The molecule has 0 fully saturated rings. The minimum absolute atomic E-state index is 0.00400. The minimum Gasteiger partial charge on any atom is -0.352 e. The predicted octanol–water partition coefficient (Wildman–Crippen LogP) is 2.42. The van der Waals surface area contributed by atoms with Gasteiger partial charge >= 0.3 is 0 Å². The van der Waals surface area contributed by atoms with E-state index >= 15 is 0 Å². The van der Waals surface area contributed by atoms with Crippen molar-refractivity contribution in [2.24, 2.45) is 0 Å². The third kappa shape index (κ3) is 19.1. The number of carbonyl (C=O) groups is 2. The maximum Gasteiger partial charge on any atom is 0.281 e. The van der Waals surface area contributed by atoms with Crippen LogP contribution in [0, 0.1) is 11.6 Å². The Morgan fingerprint density at radius 1 is 0.686 bits per heavy atom. The summed E-state index contributed by atoms with van der Waals surface area (Å²) in [6, 6.07) is 12.2. The van der Waals surface area contributed by atoms with Crippen LogP contribution in [-0.2, 0) is 42.9 Å². The Morgan fingerprint density at radius 3 is 1.17 bits per heavy atom. The van der Waals surface area contributed by atoms with E-state index in [1.54, 1.807) is 38.1 Å². The lowest BCUT2D eigenvalue weighted by atomic mass is 10.2. The number of carbonyl (C=O) groups excluding carboxylic acids is 2. The number of halogens is 2. The molecular weight excluding hydrogens is 510 g/mol. The molecule has 0 aromatic heterocycles. The van der Waals surface area contributed by atoms with Gasteiger partial charge in [0.05, 0.1) is 0 Å². The van der Waals surface area contributed by atoms with E-state index in [2.05, 4.69) is 10.6 Å². The van der Waals surface area contributed by atoms with Crippen LogP contribution in [-0.4, -0.2) is 42.8 Å². The van der Waals surface area contributed by atoms with Gasteiger partial charge in [0.2, 0.25) is 16.9 Å². The molecule has 0 aliphatic carbocycles. The highest BCUT2D eigenvalue weighted by molar-refractivity contribution is 8.02. The number of amides is 2. The smallest absolute Gasteiger partial charge is 0.281 e. The molecule has 0 radical (unpaired) electrons. The quantitative estimate of drug-likeness (QED) is 0.372. The number of hydrogen-bond acceptors (Lipinski definition) is 6. The number of hydrogen-bond donors (Lipinski definition) is 4. The van der Waals surface area contributed by atoms with Crippen LogP contribution in [0.4, 0.5) is 8.78 Å². The summed E-state index contributed by atoms with van der Waals surface area (Å²) in [5.74, 6) is -0.509. The van der Waals surface area contributed by atoms with Crippen molar-refractivity contribution in [1.29, 1.82) is 0 Å². The van der Waals surface area contributed by atoms with Gasteiger partial charge in [-0.15, -0.1) is 0 Å². The van der Waals surface area contributed by atoms with E-state index in [4.69, 9.17) is 9.11 Å².